The van der Waals surface area contributed by atoms with Gasteiger partial charge in [0, 0.05) is 17.8 Å². The van der Waals surface area contributed by atoms with Crippen molar-refractivity contribution in [3.8, 4) is 5.69 Å². The van der Waals surface area contributed by atoms with Crippen molar-refractivity contribution in [2.75, 3.05) is 5.32 Å². The molecule has 21 heavy (non-hydrogen) atoms. The minimum Gasteiger partial charge on any atom is -0.375 e. The summed E-state index contributed by atoms with van der Waals surface area (Å²) in [4.78, 5) is 8.61. The molecule has 0 spiro atoms. The maximum atomic E-state index is 6.35. The van der Waals surface area contributed by atoms with Gasteiger partial charge in [0.05, 0.1) is 39.5 Å². The number of hydrogen-bond donors (Lipinski definition) is 1. The van der Waals surface area contributed by atoms with Crippen molar-refractivity contribution in [1.82, 2.24) is 14.5 Å². The predicted molar refractivity (Wildman–Crippen MR) is 87.5 cm³/mol. The van der Waals surface area contributed by atoms with E-state index in [1.165, 1.54) is 0 Å². The molecule has 3 rings (SSSR count). The van der Waals surface area contributed by atoms with Crippen LogP contribution in [-0.2, 0) is 0 Å². The summed E-state index contributed by atoms with van der Waals surface area (Å²) in [6.07, 6.45) is 5.36. The highest BCUT2D eigenvalue weighted by Gasteiger charge is 2.14. The Hall–Kier alpha value is -1.85. The molecule has 1 unspecified atom stereocenters. The first-order valence-electron chi connectivity index (χ1n) is 6.60. The Kier molecular flexibility index (Phi) is 3.94. The van der Waals surface area contributed by atoms with E-state index in [0.717, 1.165) is 22.1 Å². The second-order valence-electron chi connectivity index (χ2n) is 4.76. The van der Waals surface area contributed by atoms with Gasteiger partial charge in [-0.15, -0.1) is 11.3 Å². The van der Waals surface area contributed by atoms with Gasteiger partial charge in [0.1, 0.15) is 0 Å². The van der Waals surface area contributed by atoms with Gasteiger partial charge in [-0.1, -0.05) is 17.7 Å². The molecular weight excluding hydrogens is 304 g/mol. The number of hydrogen-bond acceptors (Lipinski definition) is 4. The van der Waals surface area contributed by atoms with Crippen molar-refractivity contribution in [1.29, 1.82) is 0 Å². The number of aryl methyl sites for hydroxylation is 1. The molecule has 0 amide bonds. The SMILES string of the molecule is Cc1nc(C(C)Nc2cccc(Cl)c2-n2ccnc2)cs1. The summed E-state index contributed by atoms with van der Waals surface area (Å²) in [7, 11) is 0. The number of nitrogens with one attached hydrogen (secondary N) is 1. The highest BCUT2D eigenvalue weighted by atomic mass is 35.5. The maximum Gasteiger partial charge on any atom is 0.0992 e. The minimum absolute atomic E-state index is 0.107. The minimum atomic E-state index is 0.107. The molecule has 0 saturated heterocycles. The summed E-state index contributed by atoms with van der Waals surface area (Å²) in [5, 5.41) is 7.31. The van der Waals surface area contributed by atoms with E-state index in [0.29, 0.717) is 5.02 Å². The highest BCUT2D eigenvalue weighted by Crippen LogP contribution is 2.31. The third-order valence-electron chi connectivity index (χ3n) is 3.20. The van der Waals surface area contributed by atoms with Crippen molar-refractivity contribution in [2.24, 2.45) is 0 Å². The molecule has 4 nitrogen and oxygen atoms in total. The van der Waals surface area contributed by atoms with Crippen LogP contribution in [0.5, 0.6) is 0 Å². The van der Waals surface area contributed by atoms with Crippen LogP contribution in [0.3, 0.4) is 0 Å². The molecule has 0 fully saturated rings. The first kappa shape index (κ1) is 14.1. The van der Waals surface area contributed by atoms with Crippen LogP contribution in [0.1, 0.15) is 23.7 Å². The van der Waals surface area contributed by atoms with E-state index in [4.69, 9.17) is 11.6 Å². The number of anilines is 1. The molecule has 108 valence electrons. The van der Waals surface area contributed by atoms with E-state index >= 15 is 0 Å². The van der Waals surface area contributed by atoms with Gasteiger partial charge in [-0.05, 0) is 26.0 Å². The molecule has 0 saturated carbocycles. The number of benzene rings is 1. The fourth-order valence-corrected chi connectivity index (χ4v) is 3.15. The monoisotopic (exact) mass is 318 g/mol. The number of aromatic nitrogens is 3. The average molecular weight is 319 g/mol. The van der Waals surface area contributed by atoms with Crippen LogP contribution in [0.4, 0.5) is 5.69 Å². The normalized spacial score (nSPS) is 12.3. The van der Waals surface area contributed by atoms with Crippen molar-refractivity contribution in [3.63, 3.8) is 0 Å². The molecule has 6 heteroatoms. The predicted octanol–water partition coefficient (Wildman–Crippen LogP) is 4.46. The molecule has 0 aliphatic heterocycles. The molecule has 1 aromatic carbocycles. The number of halogens is 1. The van der Waals surface area contributed by atoms with E-state index < -0.39 is 0 Å². The Morgan fingerprint density at radius 3 is 2.90 bits per heavy atom. The van der Waals surface area contributed by atoms with Crippen molar-refractivity contribution < 1.29 is 0 Å². The summed E-state index contributed by atoms with van der Waals surface area (Å²) in [5.41, 5.74) is 2.89. The molecule has 2 aromatic heterocycles. The van der Waals surface area contributed by atoms with Crippen molar-refractivity contribution in [3.05, 3.63) is 58.0 Å². The van der Waals surface area contributed by atoms with E-state index in [1.807, 2.05) is 35.9 Å². The van der Waals surface area contributed by atoms with E-state index in [1.54, 1.807) is 23.9 Å². The number of para-hydroxylation sites is 1. The van der Waals surface area contributed by atoms with Crippen LogP contribution in [0.25, 0.3) is 5.69 Å². The largest absolute Gasteiger partial charge is 0.375 e. The number of thiazole rings is 1. The zero-order valence-electron chi connectivity index (χ0n) is 11.7. The number of rotatable bonds is 4. The Morgan fingerprint density at radius 1 is 1.38 bits per heavy atom. The molecule has 2 heterocycles. The smallest absolute Gasteiger partial charge is 0.0992 e. The van der Waals surface area contributed by atoms with Gasteiger partial charge in [-0.2, -0.15) is 0 Å². The fraction of sp³-hybridized carbons (Fsp3) is 0.200. The lowest BCUT2D eigenvalue weighted by Gasteiger charge is -2.18. The van der Waals surface area contributed by atoms with Crippen LogP contribution in [-0.4, -0.2) is 14.5 Å². The molecule has 0 aliphatic rings. The quantitative estimate of drug-likeness (QED) is 0.772. The summed E-state index contributed by atoms with van der Waals surface area (Å²) in [6.45, 7) is 4.10. The topological polar surface area (TPSA) is 42.7 Å². The third-order valence-corrected chi connectivity index (χ3v) is 4.30. The first-order chi connectivity index (χ1) is 10.1. The fourth-order valence-electron chi connectivity index (χ4n) is 2.17. The molecular formula is C15H15ClN4S. The number of imidazole rings is 1. The molecule has 0 aliphatic carbocycles. The lowest BCUT2D eigenvalue weighted by Crippen LogP contribution is -2.09. The molecule has 0 radical (unpaired) electrons. The van der Waals surface area contributed by atoms with Gasteiger partial charge in [0.2, 0.25) is 0 Å². The Morgan fingerprint density at radius 2 is 2.24 bits per heavy atom. The standard InChI is InChI=1S/C15H15ClN4S/c1-10(14-8-21-11(2)19-14)18-13-5-3-4-12(16)15(13)20-7-6-17-9-20/h3-10,18H,1-2H3. The molecule has 0 bridgehead atoms. The molecule has 1 atom stereocenters. The molecule has 1 N–H and O–H groups in total. The molecule has 3 aromatic rings. The highest BCUT2D eigenvalue weighted by molar-refractivity contribution is 7.09. The summed E-state index contributed by atoms with van der Waals surface area (Å²) >= 11 is 8.01. The summed E-state index contributed by atoms with van der Waals surface area (Å²) in [5.74, 6) is 0. The zero-order chi connectivity index (χ0) is 14.8. The third kappa shape index (κ3) is 2.94. The van der Waals surface area contributed by atoms with E-state index in [2.05, 4.69) is 27.6 Å². The van der Waals surface area contributed by atoms with Gasteiger partial charge >= 0.3 is 0 Å². The lowest BCUT2D eigenvalue weighted by molar-refractivity contribution is 0.842. The van der Waals surface area contributed by atoms with Crippen LogP contribution < -0.4 is 5.32 Å². The van der Waals surface area contributed by atoms with Crippen LogP contribution in [0.15, 0.2) is 42.3 Å². The first-order valence-corrected chi connectivity index (χ1v) is 7.86. The van der Waals surface area contributed by atoms with Gasteiger partial charge in [-0.25, -0.2) is 9.97 Å². The van der Waals surface area contributed by atoms with Crippen LogP contribution in [0.2, 0.25) is 5.02 Å². The van der Waals surface area contributed by atoms with E-state index in [-0.39, 0.29) is 6.04 Å². The van der Waals surface area contributed by atoms with Gasteiger partial charge in [0.25, 0.3) is 0 Å². The van der Waals surface area contributed by atoms with Crippen LogP contribution >= 0.6 is 22.9 Å². The zero-order valence-corrected chi connectivity index (χ0v) is 13.3. The Balaban J connectivity index is 1.94. The maximum absolute atomic E-state index is 6.35. The Labute approximate surface area is 132 Å². The summed E-state index contributed by atoms with van der Waals surface area (Å²) < 4.78 is 1.91. The van der Waals surface area contributed by atoms with Gasteiger partial charge in [-0.3, -0.25) is 0 Å². The Bertz CT molecular complexity index is 736. The van der Waals surface area contributed by atoms with E-state index in [9.17, 15) is 0 Å². The number of nitrogens with zero attached hydrogens (tertiary/aromatic N) is 3. The van der Waals surface area contributed by atoms with Crippen molar-refractivity contribution >= 4 is 28.6 Å². The average Bonchev–Trinajstić information content (AvgIpc) is 3.10. The van der Waals surface area contributed by atoms with Crippen LogP contribution in [0, 0.1) is 6.92 Å². The second kappa shape index (κ2) is 5.87. The van der Waals surface area contributed by atoms with Gasteiger partial charge in [0.15, 0.2) is 0 Å². The van der Waals surface area contributed by atoms with Gasteiger partial charge < -0.3 is 9.88 Å². The summed E-state index contributed by atoms with van der Waals surface area (Å²) in [6, 6.07) is 5.93. The second-order valence-corrected chi connectivity index (χ2v) is 6.23. The van der Waals surface area contributed by atoms with Crippen molar-refractivity contribution in [2.45, 2.75) is 19.9 Å². The lowest BCUT2D eigenvalue weighted by atomic mass is 10.2.